The molecule has 1 radical (unpaired) electrons. The molecule has 0 aliphatic heterocycles. The van der Waals surface area contributed by atoms with Gasteiger partial charge < -0.3 is 4.84 Å². The van der Waals surface area contributed by atoms with Gasteiger partial charge in [0.1, 0.15) is 7.11 Å². The Bertz CT molecular complexity index is 176. The lowest BCUT2D eigenvalue weighted by Gasteiger charge is -1.91. The van der Waals surface area contributed by atoms with Crippen LogP contribution in [-0.2, 0) is 4.84 Å². The highest BCUT2D eigenvalue weighted by Crippen LogP contribution is 2.00. The minimum absolute atomic E-state index is 0.684. The van der Waals surface area contributed by atoms with E-state index in [9.17, 15) is 0 Å². The molecule has 0 aliphatic carbocycles. The third-order valence-electron chi connectivity index (χ3n) is 1.55. The van der Waals surface area contributed by atoms with Crippen LogP contribution in [0.1, 0.15) is 38.5 Å². The van der Waals surface area contributed by atoms with E-state index < -0.39 is 0 Å². The number of hydrogen-bond donors (Lipinski definition) is 0. The van der Waals surface area contributed by atoms with Gasteiger partial charge >= 0.3 is 0 Å². The molecule has 0 N–H and O–H groups in total. The fourth-order valence-electron chi connectivity index (χ4n) is 0.885. The van der Waals surface area contributed by atoms with Gasteiger partial charge in [-0.2, -0.15) is 0 Å². The number of nitrogens with zero attached hydrogens (tertiary/aromatic N) is 1. The molecule has 2 nitrogen and oxygen atoms in total. The normalized spacial score (nSPS) is 9.69. The maximum Gasteiger partial charge on any atom is 0.106 e. The first-order valence-corrected chi connectivity index (χ1v) is 4.71. The van der Waals surface area contributed by atoms with Crippen molar-refractivity contribution in [3.63, 3.8) is 0 Å². The van der Waals surface area contributed by atoms with Crippen LogP contribution in [0.15, 0.2) is 5.16 Å². The molecule has 0 fully saturated rings. The average Bonchev–Trinajstić information content (AvgIpc) is 2.16. The number of oxime groups is 1. The van der Waals surface area contributed by atoms with Gasteiger partial charge in [0.15, 0.2) is 0 Å². The Kier molecular flexibility index (Phi) is 10.2. The summed E-state index contributed by atoms with van der Waals surface area (Å²) in [6.45, 7) is 3.79. The Morgan fingerprint density at radius 1 is 1.31 bits per heavy atom. The molecule has 0 bridgehead atoms. The van der Waals surface area contributed by atoms with E-state index in [0.29, 0.717) is 6.42 Å². The molecule has 0 amide bonds. The van der Waals surface area contributed by atoms with Crippen molar-refractivity contribution in [2.24, 2.45) is 5.16 Å². The van der Waals surface area contributed by atoms with Gasteiger partial charge in [-0.15, -0.1) is 5.92 Å². The van der Waals surface area contributed by atoms with Crippen LogP contribution in [0.5, 0.6) is 0 Å². The first-order chi connectivity index (χ1) is 6.41. The molecular weight excluding hydrogens is 162 g/mol. The maximum atomic E-state index is 4.50. The first-order valence-electron chi connectivity index (χ1n) is 4.71. The molecule has 0 atom stereocenters. The highest BCUT2D eigenvalue weighted by molar-refractivity contribution is 5.60. The summed E-state index contributed by atoms with van der Waals surface area (Å²) < 4.78 is 0. The predicted octanol–water partition coefficient (Wildman–Crippen LogP) is 2.80. The summed E-state index contributed by atoms with van der Waals surface area (Å²) in [6.07, 6.45) is 8.02. The van der Waals surface area contributed by atoms with Gasteiger partial charge in [-0.25, -0.2) is 0 Å². The zero-order chi connectivity index (χ0) is 9.78. The third kappa shape index (κ3) is 11.0. The highest BCUT2D eigenvalue weighted by Gasteiger charge is 1.83. The number of unbranched alkanes of at least 4 members (excludes halogenated alkanes) is 4. The van der Waals surface area contributed by atoms with Crippen molar-refractivity contribution in [2.45, 2.75) is 38.5 Å². The molecule has 73 valence electrons. The monoisotopic (exact) mass is 180 g/mol. The summed E-state index contributed by atoms with van der Waals surface area (Å²) in [5, 5.41) is 3.58. The molecule has 2 heteroatoms. The summed E-state index contributed by atoms with van der Waals surface area (Å²) in [5.41, 5.74) is 0. The molecule has 13 heavy (non-hydrogen) atoms. The number of rotatable bonds is 6. The Labute approximate surface area is 81.4 Å². The van der Waals surface area contributed by atoms with Crippen molar-refractivity contribution in [2.75, 3.05) is 7.11 Å². The smallest absolute Gasteiger partial charge is 0.106 e. The molecule has 0 spiro atoms. The second-order valence-corrected chi connectivity index (χ2v) is 2.69. The topological polar surface area (TPSA) is 21.6 Å². The van der Waals surface area contributed by atoms with Crippen LogP contribution in [0, 0.1) is 18.8 Å². The van der Waals surface area contributed by atoms with Gasteiger partial charge in [-0.05, 0) is 6.42 Å². The lowest BCUT2D eigenvalue weighted by molar-refractivity contribution is 0.215. The maximum absolute atomic E-state index is 4.50. The van der Waals surface area contributed by atoms with E-state index >= 15 is 0 Å². The van der Waals surface area contributed by atoms with Gasteiger partial charge in [0, 0.05) is 12.8 Å². The molecule has 0 aromatic rings. The second-order valence-electron chi connectivity index (χ2n) is 2.69. The Balaban J connectivity index is 3.15. The third-order valence-corrected chi connectivity index (χ3v) is 1.55. The minimum atomic E-state index is 0.684. The zero-order valence-corrected chi connectivity index (χ0v) is 8.38. The van der Waals surface area contributed by atoms with Crippen molar-refractivity contribution < 1.29 is 4.84 Å². The standard InChI is InChI=1S/C11H18NO/c1-3-4-5-6-7-8-9-10-11-12-13-2/h11H,1,3-7,10H2,2H3/b12-11-. The van der Waals surface area contributed by atoms with E-state index in [-0.39, 0.29) is 0 Å². The molecule has 0 saturated carbocycles. The van der Waals surface area contributed by atoms with Crippen molar-refractivity contribution >= 4 is 6.21 Å². The Morgan fingerprint density at radius 2 is 2.15 bits per heavy atom. The van der Waals surface area contributed by atoms with Crippen LogP contribution in [0.2, 0.25) is 0 Å². The van der Waals surface area contributed by atoms with Crippen LogP contribution in [0.3, 0.4) is 0 Å². The molecular formula is C11H18NO. The van der Waals surface area contributed by atoms with E-state index in [1.165, 1.54) is 26.4 Å². The lowest BCUT2D eigenvalue weighted by atomic mass is 10.1. The van der Waals surface area contributed by atoms with Crippen LogP contribution in [0.25, 0.3) is 0 Å². The van der Waals surface area contributed by atoms with Crippen LogP contribution in [0.4, 0.5) is 0 Å². The fraction of sp³-hybridized carbons (Fsp3) is 0.636. The van der Waals surface area contributed by atoms with Crippen LogP contribution in [-0.4, -0.2) is 13.3 Å². The molecule has 0 rings (SSSR count). The number of hydrogen-bond acceptors (Lipinski definition) is 2. The van der Waals surface area contributed by atoms with Gasteiger partial charge in [0.25, 0.3) is 0 Å². The molecule has 0 unspecified atom stereocenters. The highest BCUT2D eigenvalue weighted by atomic mass is 16.6. The summed E-state index contributed by atoms with van der Waals surface area (Å²) in [4.78, 5) is 4.50. The van der Waals surface area contributed by atoms with Crippen molar-refractivity contribution in [1.29, 1.82) is 0 Å². The predicted molar refractivity (Wildman–Crippen MR) is 56.3 cm³/mol. The molecule has 0 aliphatic rings. The van der Waals surface area contributed by atoms with Gasteiger partial charge in [-0.3, -0.25) is 0 Å². The molecule has 0 aromatic heterocycles. The van der Waals surface area contributed by atoms with Gasteiger partial charge in [0.05, 0.1) is 6.21 Å². The summed E-state index contributed by atoms with van der Waals surface area (Å²) in [6, 6.07) is 0. The minimum Gasteiger partial charge on any atom is -0.399 e. The average molecular weight is 180 g/mol. The largest absolute Gasteiger partial charge is 0.399 e. The summed E-state index contributed by atoms with van der Waals surface area (Å²) in [5.74, 6) is 6.09. The zero-order valence-electron chi connectivity index (χ0n) is 8.38. The fourth-order valence-corrected chi connectivity index (χ4v) is 0.885. The molecule has 0 heterocycles. The van der Waals surface area contributed by atoms with Crippen molar-refractivity contribution in [3.8, 4) is 11.8 Å². The second kappa shape index (κ2) is 11.0. The van der Waals surface area contributed by atoms with E-state index in [2.05, 4.69) is 28.8 Å². The van der Waals surface area contributed by atoms with E-state index in [1.807, 2.05) is 0 Å². The van der Waals surface area contributed by atoms with Crippen molar-refractivity contribution in [3.05, 3.63) is 6.92 Å². The Hall–Kier alpha value is -0.970. The lowest BCUT2D eigenvalue weighted by Crippen LogP contribution is -1.75. The van der Waals surface area contributed by atoms with Crippen LogP contribution < -0.4 is 0 Å². The SMILES string of the molecule is [CH2]CCCCCC#CC/C=N\OC. The van der Waals surface area contributed by atoms with E-state index in [4.69, 9.17) is 0 Å². The summed E-state index contributed by atoms with van der Waals surface area (Å²) in [7, 11) is 1.53. The molecule has 0 saturated heterocycles. The Morgan fingerprint density at radius 3 is 2.85 bits per heavy atom. The van der Waals surface area contributed by atoms with Gasteiger partial charge in [-0.1, -0.05) is 37.3 Å². The van der Waals surface area contributed by atoms with Crippen molar-refractivity contribution in [1.82, 2.24) is 0 Å². The quantitative estimate of drug-likeness (QED) is 0.266. The summed E-state index contributed by atoms with van der Waals surface area (Å²) >= 11 is 0. The van der Waals surface area contributed by atoms with Crippen LogP contribution >= 0.6 is 0 Å². The van der Waals surface area contributed by atoms with E-state index in [1.54, 1.807) is 6.21 Å². The molecule has 0 aromatic carbocycles. The first kappa shape index (κ1) is 12.0. The van der Waals surface area contributed by atoms with Gasteiger partial charge in [0.2, 0.25) is 0 Å². The van der Waals surface area contributed by atoms with E-state index in [0.717, 1.165) is 12.8 Å².